The third-order valence-electron chi connectivity index (χ3n) is 3.66. The van der Waals surface area contributed by atoms with Crippen LogP contribution in [0.3, 0.4) is 0 Å². The number of rotatable bonds is 4. The maximum atomic E-state index is 13.8. The van der Waals surface area contributed by atoms with Crippen LogP contribution in [0, 0.1) is 17.6 Å². The van der Waals surface area contributed by atoms with E-state index >= 15 is 0 Å². The molecule has 0 saturated carbocycles. The van der Waals surface area contributed by atoms with Crippen molar-refractivity contribution in [2.45, 2.75) is 17.7 Å². The van der Waals surface area contributed by atoms with E-state index in [1.165, 1.54) is 0 Å². The van der Waals surface area contributed by atoms with Gasteiger partial charge in [0, 0.05) is 13.1 Å². The molecular formula is C13H19F2N3O2S. The highest BCUT2D eigenvalue weighted by atomic mass is 32.2. The van der Waals surface area contributed by atoms with E-state index in [2.05, 4.69) is 9.62 Å². The van der Waals surface area contributed by atoms with Gasteiger partial charge in [-0.15, -0.1) is 0 Å². The van der Waals surface area contributed by atoms with E-state index in [9.17, 15) is 17.2 Å². The number of hydrogen-bond donors (Lipinski definition) is 2. The minimum Gasteiger partial charge on any atom is -0.394 e. The highest BCUT2D eigenvalue weighted by molar-refractivity contribution is 7.89. The van der Waals surface area contributed by atoms with Crippen LogP contribution in [0.5, 0.6) is 0 Å². The van der Waals surface area contributed by atoms with Crippen molar-refractivity contribution in [3.63, 3.8) is 0 Å². The number of nitrogens with two attached hydrogens (primary N) is 1. The molecule has 1 unspecified atom stereocenters. The van der Waals surface area contributed by atoms with Crippen molar-refractivity contribution in [2.24, 2.45) is 5.92 Å². The van der Waals surface area contributed by atoms with Gasteiger partial charge in [0.2, 0.25) is 10.0 Å². The summed E-state index contributed by atoms with van der Waals surface area (Å²) in [5, 5.41) is 0. The molecule has 3 N–H and O–H groups in total. The predicted octanol–water partition coefficient (Wildman–Crippen LogP) is 1.17. The van der Waals surface area contributed by atoms with Gasteiger partial charge in [-0.2, -0.15) is 0 Å². The zero-order valence-corrected chi connectivity index (χ0v) is 12.6. The Kier molecular flexibility index (Phi) is 4.80. The largest absolute Gasteiger partial charge is 0.394 e. The molecule has 5 nitrogen and oxygen atoms in total. The number of nitrogen functional groups attached to an aromatic ring is 1. The van der Waals surface area contributed by atoms with Gasteiger partial charge < -0.3 is 10.6 Å². The number of piperidine rings is 1. The Morgan fingerprint density at radius 3 is 2.81 bits per heavy atom. The molecule has 0 radical (unpaired) electrons. The van der Waals surface area contributed by atoms with Crippen LogP contribution in [0.2, 0.25) is 0 Å². The maximum Gasteiger partial charge on any atom is 0.243 e. The van der Waals surface area contributed by atoms with Gasteiger partial charge in [0.1, 0.15) is 16.4 Å². The third kappa shape index (κ3) is 3.69. The second kappa shape index (κ2) is 6.25. The van der Waals surface area contributed by atoms with E-state index in [0.717, 1.165) is 38.1 Å². The fourth-order valence-electron chi connectivity index (χ4n) is 2.50. The molecule has 1 fully saturated rings. The van der Waals surface area contributed by atoms with Crippen molar-refractivity contribution in [3.05, 3.63) is 23.8 Å². The van der Waals surface area contributed by atoms with Gasteiger partial charge >= 0.3 is 0 Å². The minimum atomic E-state index is -4.04. The number of likely N-dealkylation sites (tertiary alicyclic amines) is 1. The van der Waals surface area contributed by atoms with E-state index in [1.807, 2.05) is 7.05 Å². The number of benzene rings is 1. The van der Waals surface area contributed by atoms with Gasteiger partial charge in [-0.3, -0.25) is 0 Å². The molecule has 1 aromatic carbocycles. The van der Waals surface area contributed by atoms with Gasteiger partial charge in [0.05, 0.1) is 0 Å². The normalized spacial score (nSPS) is 20.6. The molecule has 1 saturated heterocycles. The second-order valence-corrected chi connectivity index (χ2v) is 7.13. The molecule has 1 aliphatic heterocycles. The average molecular weight is 319 g/mol. The maximum absolute atomic E-state index is 13.8. The molecule has 21 heavy (non-hydrogen) atoms. The van der Waals surface area contributed by atoms with Crippen molar-refractivity contribution in [1.29, 1.82) is 0 Å². The van der Waals surface area contributed by atoms with Crippen LogP contribution in [0.4, 0.5) is 14.5 Å². The molecule has 118 valence electrons. The van der Waals surface area contributed by atoms with Gasteiger partial charge in [-0.05, 0) is 44.5 Å². The number of nitrogens with one attached hydrogen (secondary N) is 1. The first kappa shape index (κ1) is 16.1. The summed E-state index contributed by atoms with van der Waals surface area (Å²) >= 11 is 0. The molecule has 1 heterocycles. The van der Waals surface area contributed by atoms with Crippen molar-refractivity contribution < 1.29 is 17.2 Å². The van der Waals surface area contributed by atoms with Crippen LogP contribution in [0.25, 0.3) is 0 Å². The Morgan fingerprint density at radius 1 is 1.43 bits per heavy atom. The van der Waals surface area contributed by atoms with Crippen LogP contribution in [-0.4, -0.2) is 40.0 Å². The Balaban J connectivity index is 2.10. The molecule has 2 rings (SSSR count). The van der Waals surface area contributed by atoms with Crippen LogP contribution in [0.1, 0.15) is 12.8 Å². The lowest BCUT2D eigenvalue weighted by molar-refractivity contribution is 0.211. The van der Waals surface area contributed by atoms with E-state index in [-0.39, 0.29) is 12.5 Å². The Labute approximate surface area is 123 Å². The quantitative estimate of drug-likeness (QED) is 0.817. The van der Waals surface area contributed by atoms with E-state index in [4.69, 9.17) is 5.73 Å². The fourth-order valence-corrected chi connectivity index (χ4v) is 3.71. The van der Waals surface area contributed by atoms with Crippen molar-refractivity contribution in [1.82, 2.24) is 9.62 Å². The molecule has 1 atom stereocenters. The zero-order chi connectivity index (χ0) is 15.6. The summed E-state index contributed by atoms with van der Waals surface area (Å²) in [6.07, 6.45) is 1.92. The monoisotopic (exact) mass is 319 g/mol. The first-order chi connectivity index (χ1) is 9.81. The van der Waals surface area contributed by atoms with Crippen molar-refractivity contribution >= 4 is 15.7 Å². The topological polar surface area (TPSA) is 75.4 Å². The summed E-state index contributed by atoms with van der Waals surface area (Å²) in [7, 11) is -2.06. The molecule has 0 spiro atoms. The SMILES string of the molecule is CN1CCCC(CNS(=O)(=O)c2ccc(F)c(N)c2F)C1. The average Bonchev–Trinajstić information content (AvgIpc) is 2.43. The second-order valence-electron chi connectivity index (χ2n) is 5.40. The molecule has 0 amide bonds. The summed E-state index contributed by atoms with van der Waals surface area (Å²) in [4.78, 5) is 1.50. The lowest BCUT2D eigenvalue weighted by Gasteiger charge is -2.29. The van der Waals surface area contributed by atoms with Gasteiger partial charge in [0.15, 0.2) is 5.82 Å². The highest BCUT2D eigenvalue weighted by Gasteiger charge is 2.24. The molecule has 0 bridgehead atoms. The highest BCUT2D eigenvalue weighted by Crippen LogP contribution is 2.23. The van der Waals surface area contributed by atoms with Crippen LogP contribution in [0.15, 0.2) is 17.0 Å². The fraction of sp³-hybridized carbons (Fsp3) is 0.538. The lowest BCUT2D eigenvalue weighted by atomic mass is 9.99. The van der Waals surface area contributed by atoms with Crippen LogP contribution < -0.4 is 10.5 Å². The van der Waals surface area contributed by atoms with Gasteiger partial charge in [-0.1, -0.05) is 0 Å². The standard InChI is InChI=1S/C13H19F2N3O2S/c1-18-6-2-3-9(8-18)7-17-21(19,20)11-5-4-10(14)13(16)12(11)15/h4-5,9,17H,2-3,6-8,16H2,1H3. The molecule has 0 aromatic heterocycles. The molecule has 0 aliphatic carbocycles. The number of anilines is 1. The summed E-state index contributed by atoms with van der Waals surface area (Å²) in [5.74, 6) is -2.04. The zero-order valence-electron chi connectivity index (χ0n) is 11.8. The van der Waals surface area contributed by atoms with Gasteiger partial charge in [0.25, 0.3) is 0 Å². The Morgan fingerprint density at radius 2 is 2.14 bits per heavy atom. The number of hydrogen-bond acceptors (Lipinski definition) is 4. The van der Waals surface area contributed by atoms with E-state index in [0.29, 0.717) is 0 Å². The summed E-state index contributed by atoms with van der Waals surface area (Å²) < 4.78 is 53.5. The molecule has 1 aromatic rings. The Hall–Kier alpha value is -1.25. The smallest absolute Gasteiger partial charge is 0.243 e. The Bertz CT molecular complexity index is 622. The summed E-state index contributed by atoms with van der Waals surface area (Å²) in [6.45, 7) is 2.01. The first-order valence-electron chi connectivity index (χ1n) is 6.73. The van der Waals surface area contributed by atoms with E-state index < -0.39 is 32.2 Å². The third-order valence-corrected chi connectivity index (χ3v) is 5.11. The van der Waals surface area contributed by atoms with Crippen LogP contribution in [-0.2, 0) is 10.0 Å². The van der Waals surface area contributed by atoms with E-state index in [1.54, 1.807) is 0 Å². The number of sulfonamides is 1. The lowest BCUT2D eigenvalue weighted by Crippen LogP contribution is -2.39. The van der Waals surface area contributed by atoms with Crippen LogP contribution >= 0.6 is 0 Å². The summed E-state index contributed by atoms with van der Waals surface area (Å²) in [5.41, 5.74) is 4.41. The first-order valence-corrected chi connectivity index (χ1v) is 8.21. The number of nitrogens with zero attached hydrogens (tertiary/aromatic N) is 1. The van der Waals surface area contributed by atoms with Crippen molar-refractivity contribution in [2.75, 3.05) is 32.4 Å². The van der Waals surface area contributed by atoms with Gasteiger partial charge in [-0.25, -0.2) is 21.9 Å². The molecule has 8 heteroatoms. The predicted molar refractivity (Wildman–Crippen MR) is 76.2 cm³/mol. The van der Waals surface area contributed by atoms with Crippen molar-refractivity contribution in [3.8, 4) is 0 Å². The number of halogens is 2. The molecule has 1 aliphatic rings. The minimum absolute atomic E-state index is 0.180. The summed E-state index contributed by atoms with van der Waals surface area (Å²) in [6, 6.07) is 1.73. The molecular weight excluding hydrogens is 300 g/mol.